The minimum Gasteiger partial charge on any atom is -0.381 e. The molecule has 2 aliphatic heterocycles. The molecular weight excluding hydrogens is 570 g/mol. The molecule has 0 spiro atoms. The maximum atomic E-state index is 13.6. The molecule has 1 atom stereocenters. The minimum absolute atomic E-state index is 0.275. The van der Waals surface area contributed by atoms with Crippen LogP contribution in [-0.2, 0) is 4.74 Å². The Bertz CT molecular complexity index is 1330. The Balaban J connectivity index is 1.39. The molecular formula is C30H38BrN7O2. The highest BCUT2D eigenvalue weighted by Gasteiger charge is 2.29. The highest BCUT2D eigenvalue weighted by Crippen LogP contribution is 2.32. The van der Waals surface area contributed by atoms with Crippen LogP contribution in [0, 0.1) is 6.92 Å². The molecule has 1 unspecified atom stereocenters. The predicted molar refractivity (Wildman–Crippen MR) is 163 cm³/mol. The van der Waals surface area contributed by atoms with Crippen molar-refractivity contribution in [3.8, 4) is 5.69 Å². The lowest BCUT2D eigenvalue weighted by Crippen LogP contribution is -2.41. The van der Waals surface area contributed by atoms with Crippen LogP contribution >= 0.6 is 15.9 Å². The van der Waals surface area contributed by atoms with Crippen LogP contribution in [0.4, 0.5) is 11.6 Å². The van der Waals surface area contributed by atoms with Crippen LogP contribution in [0.3, 0.4) is 0 Å². The number of halogens is 1. The highest BCUT2D eigenvalue weighted by molar-refractivity contribution is 9.11. The van der Waals surface area contributed by atoms with E-state index in [9.17, 15) is 4.79 Å². The van der Waals surface area contributed by atoms with Gasteiger partial charge in [-0.2, -0.15) is 10.2 Å². The molecule has 5 rings (SSSR count). The first kappa shape index (κ1) is 28.4. The molecule has 0 bridgehead atoms. The Labute approximate surface area is 244 Å². The summed E-state index contributed by atoms with van der Waals surface area (Å²) in [5.41, 5.74) is 3.49. The number of hydrogen-bond acceptors (Lipinski definition) is 6. The first-order valence-corrected chi connectivity index (χ1v) is 15.2. The number of rotatable bonds is 8. The van der Waals surface area contributed by atoms with Gasteiger partial charge in [0.25, 0.3) is 5.91 Å². The van der Waals surface area contributed by atoms with Crippen LogP contribution in [0.15, 0.2) is 46.5 Å². The Morgan fingerprint density at radius 2 is 1.98 bits per heavy atom. The zero-order valence-electron chi connectivity index (χ0n) is 23.3. The lowest BCUT2D eigenvalue weighted by molar-refractivity contribution is 0.102. The van der Waals surface area contributed by atoms with Crippen molar-refractivity contribution >= 4 is 45.9 Å². The third kappa shape index (κ3) is 6.62. The second-order valence-electron chi connectivity index (χ2n) is 10.5. The van der Waals surface area contributed by atoms with Gasteiger partial charge in [-0.1, -0.05) is 40.5 Å². The van der Waals surface area contributed by atoms with Crippen molar-refractivity contribution in [3.05, 3.63) is 58.3 Å². The van der Waals surface area contributed by atoms with Crippen LogP contribution in [0.1, 0.15) is 73.0 Å². The summed E-state index contributed by atoms with van der Waals surface area (Å²) in [6, 6.07) is 10.8. The third-order valence-corrected chi connectivity index (χ3v) is 7.98. The zero-order valence-corrected chi connectivity index (χ0v) is 24.9. The van der Waals surface area contributed by atoms with Crippen molar-refractivity contribution in [2.75, 3.05) is 31.6 Å². The normalized spacial score (nSPS) is 19.4. The predicted octanol–water partition coefficient (Wildman–Crippen LogP) is 6.31. The monoisotopic (exact) mass is 607 g/mol. The standard InChI is InChI=1S/C30H38BrN7O2/c1-3-14-32-29-26(21-33-37(29)17-13-31)30(39)34-28-20-27(35-38(28)25-8-6-22(2)7-9-25)23-10-15-36(16-11-23)24-5-4-18-40-19-12-24/h6-9,13-14,17,20-21,23-24H,3-5,10-12,15-16,18-19H2,1-2H3,(H,34,39)/b17-13+,32-14-. The number of ether oxygens (including phenoxy) is 1. The average molecular weight is 609 g/mol. The number of aryl methyl sites for hydroxylation is 1. The maximum Gasteiger partial charge on any atom is 0.262 e. The Morgan fingerprint density at radius 3 is 2.73 bits per heavy atom. The summed E-state index contributed by atoms with van der Waals surface area (Å²) in [5, 5.41) is 12.5. The van der Waals surface area contributed by atoms with Crippen molar-refractivity contribution in [2.45, 2.75) is 64.3 Å². The molecule has 3 aromatic rings. The van der Waals surface area contributed by atoms with Gasteiger partial charge in [0.2, 0.25) is 0 Å². The molecule has 2 aliphatic rings. The largest absolute Gasteiger partial charge is 0.381 e. The molecule has 9 nitrogen and oxygen atoms in total. The van der Waals surface area contributed by atoms with Crippen molar-refractivity contribution < 1.29 is 9.53 Å². The molecule has 1 N–H and O–H groups in total. The van der Waals surface area contributed by atoms with Crippen molar-refractivity contribution in [3.63, 3.8) is 0 Å². The van der Waals surface area contributed by atoms with Gasteiger partial charge < -0.3 is 15.0 Å². The first-order valence-electron chi connectivity index (χ1n) is 14.2. The van der Waals surface area contributed by atoms with Gasteiger partial charge in [-0.05, 0) is 75.7 Å². The maximum absolute atomic E-state index is 13.6. The Morgan fingerprint density at radius 1 is 1.18 bits per heavy atom. The van der Waals surface area contributed by atoms with Crippen LogP contribution < -0.4 is 5.32 Å². The van der Waals surface area contributed by atoms with Gasteiger partial charge in [0.05, 0.1) is 17.6 Å². The van der Waals surface area contributed by atoms with Crippen LogP contribution in [-0.4, -0.2) is 68.9 Å². The van der Waals surface area contributed by atoms with Gasteiger partial charge >= 0.3 is 0 Å². The van der Waals surface area contributed by atoms with Gasteiger partial charge in [-0.25, -0.2) is 14.4 Å². The highest BCUT2D eigenvalue weighted by atomic mass is 79.9. The average Bonchev–Trinajstić information content (AvgIpc) is 3.46. The summed E-state index contributed by atoms with van der Waals surface area (Å²) in [7, 11) is 0. The molecule has 0 saturated carbocycles. The molecule has 40 heavy (non-hydrogen) atoms. The Kier molecular flexibility index (Phi) is 9.62. The van der Waals surface area contributed by atoms with E-state index in [0.29, 0.717) is 29.2 Å². The van der Waals surface area contributed by atoms with Gasteiger partial charge in [-0.15, -0.1) is 0 Å². The first-order chi connectivity index (χ1) is 19.6. The number of nitrogens with zero attached hydrogens (tertiary/aromatic N) is 6. The summed E-state index contributed by atoms with van der Waals surface area (Å²) < 4.78 is 9.11. The number of carbonyl (C=O) groups excluding carboxylic acids is 1. The fraction of sp³-hybridized carbons (Fsp3) is 0.467. The van der Waals surface area contributed by atoms with Gasteiger partial charge in [0, 0.05) is 43.7 Å². The number of benzene rings is 1. The SMILES string of the molecule is CC/C=N\c1c(C(=O)Nc2cc(C3CCN(C4CCCOCC4)CC3)nn2-c2ccc(C)cc2)cnn1/C=C/Br. The number of anilines is 1. The van der Waals surface area contributed by atoms with Crippen LogP contribution in [0.5, 0.6) is 0 Å². The Hall–Kier alpha value is -3.08. The fourth-order valence-electron chi connectivity index (χ4n) is 5.55. The number of likely N-dealkylation sites (tertiary alicyclic amines) is 1. The van der Waals surface area contributed by atoms with Gasteiger partial charge in [0.1, 0.15) is 11.4 Å². The number of amides is 1. The number of carbonyl (C=O) groups is 1. The number of piperidine rings is 1. The summed E-state index contributed by atoms with van der Waals surface area (Å²) in [5.74, 6) is 1.19. The topological polar surface area (TPSA) is 89.6 Å². The smallest absolute Gasteiger partial charge is 0.262 e. The quantitative estimate of drug-likeness (QED) is 0.303. The molecule has 0 radical (unpaired) electrons. The van der Waals surface area contributed by atoms with E-state index in [1.165, 1.54) is 12.0 Å². The van der Waals surface area contributed by atoms with Crippen molar-refractivity contribution in [2.24, 2.45) is 4.99 Å². The van der Waals surface area contributed by atoms with E-state index in [-0.39, 0.29) is 5.91 Å². The van der Waals surface area contributed by atoms with Crippen molar-refractivity contribution in [1.82, 2.24) is 24.5 Å². The van der Waals surface area contributed by atoms with Crippen LogP contribution in [0.2, 0.25) is 0 Å². The number of hydrogen-bond donors (Lipinski definition) is 1. The molecule has 1 aromatic carbocycles. The molecule has 4 heterocycles. The lowest BCUT2D eigenvalue weighted by Gasteiger charge is -2.36. The second kappa shape index (κ2) is 13.5. The van der Waals surface area contributed by atoms with Gasteiger partial charge in [0.15, 0.2) is 5.82 Å². The number of aromatic nitrogens is 4. The van der Waals surface area contributed by atoms with E-state index in [2.05, 4.69) is 55.3 Å². The molecule has 0 aliphatic carbocycles. The summed E-state index contributed by atoms with van der Waals surface area (Å²) in [4.78, 5) is 22.4. The van der Waals surface area contributed by atoms with E-state index < -0.39 is 0 Å². The summed E-state index contributed by atoms with van der Waals surface area (Å²) in [6.07, 6.45) is 11.4. The lowest BCUT2D eigenvalue weighted by atomic mass is 9.92. The van der Waals surface area contributed by atoms with E-state index in [0.717, 1.165) is 69.8 Å². The van der Waals surface area contributed by atoms with Crippen molar-refractivity contribution in [1.29, 1.82) is 0 Å². The molecule has 212 valence electrons. The molecule has 10 heteroatoms. The summed E-state index contributed by atoms with van der Waals surface area (Å²) in [6.45, 7) is 7.94. The zero-order chi connectivity index (χ0) is 27.9. The number of nitrogens with one attached hydrogen (secondary N) is 1. The molecule has 1 amide bonds. The van der Waals surface area contributed by atoms with Gasteiger partial charge in [-0.3, -0.25) is 4.79 Å². The fourth-order valence-corrected chi connectivity index (χ4v) is 5.78. The van der Waals surface area contributed by atoms with E-state index in [4.69, 9.17) is 9.84 Å². The molecule has 2 aromatic heterocycles. The van der Waals surface area contributed by atoms with Crippen LogP contribution in [0.25, 0.3) is 11.9 Å². The second-order valence-corrected chi connectivity index (χ2v) is 11.0. The van der Waals surface area contributed by atoms with E-state index >= 15 is 0 Å². The van der Waals surface area contributed by atoms with E-state index in [1.54, 1.807) is 28.3 Å². The molecule has 2 saturated heterocycles. The summed E-state index contributed by atoms with van der Waals surface area (Å²) >= 11 is 3.29. The molecule has 2 fully saturated rings. The minimum atomic E-state index is -0.275. The third-order valence-electron chi connectivity index (χ3n) is 7.74. The number of aliphatic imine (C=N–C) groups is 1. The van der Waals surface area contributed by atoms with E-state index in [1.807, 2.05) is 29.8 Å².